The molecule has 0 aliphatic rings. The number of para-hydroxylation sites is 1. The van der Waals surface area contributed by atoms with Crippen molar-refractivity contribution < 1.29 is 19.5 Å². The van der Waals surface area contributed by atoms with Gasteiger partial charge in [0.05, 0.1) is 12.1 Å². The Morgan fingerprint density at radius 3 is 2.62 bits per heavy atom. The Bertz CT molecular complexity index is 1150. The van der Waals surface area contributed by atoms with Crippen molar-refractivity contribution in [2.45, 2.75) is 0 Å². The van der Waals surface area contributed by atoms with E-state index in [-0.39, 0.29) is 6.54 Å². The third-order valence-electron chi connectivity index (χ3n) is 4.61. The molecule has 2 amide bonds. The van der Waals surface area contributed by atoms with Crippen LogP contribution in [-0.4, -0.2) is 61.2 Å². The highest BCUT2D eigenvalue weighted by molar-refractivity contribution is 5.93. The molecule has 0 bridgehead atoms. The lowest BCUT2D eigenvalue weighted by molar-refractivity contribution is -0.107. The second-order valence-corrected chi connectivity index (χ2v) is 7.20. The molecule has 0 spiro atoms. The maximum atomic E-state index is 11.8. The molecule has 1 heterocycles. The summed E-state index contributed by atoms with van der Waals surface area (Å²) in [7, 11) is 3.95. The number of ether oxygens (including phenoxy) is 1. The van der Waals surface area contributed by atoms with Gasteiger partial charge in [0.15, 0.2) is 0 Å². The Morgan fingerprint density at radius 1 is 1.19 bits per heavy atom. The SMILES string of the molecule is CN(C)CCOc1cc(N(C=O)CC#Cc2ccc(C(=O)NO)cc2)nc2ccccc12. The van der Waals surface area contributed by atoms with Crippen LogP contribution in [0.2, 0.25) is 0 Å². The molecule has 32 heavy (non-hydrogen) atoms. The van der Waals surface area contributed by atoms with Gasteiger partial charge in [0, 0.05) is 29.1 Å². The summed E-state index contributed by atoms with van der Waals surface area (Å²) in [5.74, 6) is 6.41. The van der Waals surface area contributed by atoms with Gasteiger partial charge in [-0.15, -0.1) is 0 Å². The molecule has 3 rings (SSSR count). The number of carbonyl (C=O) groups excluding carboxylic acids is 2. The smallest absolute Gasteiger partial charge is 0.274 e. The molecule has 0 saturated heterocycles. The molecular formula is C24H24N4O4. The van der Waals surface area contributed by atoms with Crippen molar-refractivity contribution in [3.8, 4) is 17.6 Å². The topological polar surface area (TPSA) is 95.0 Å². The van der Waals surface area contributed by atoms with Crippen LogP contribution in [0.15, 0.2) is 54.6 Å². The number of fused-ring (bicyclic) bond motifs is 1. The largest absolute Gasteiger partial charge is 0.491 e. The minimum absolute atomic E-state index is 0.130. The minimum Gasteiger partial charge on any atom is -0.491 e. The lowest BCUT2D eigenvalue weighted by Crippen LogP contribution is -2.23. The van der Waals surface area contributed by atoms with Gasteiger partial charge in [-0.05, 0) is 50.5 Å². The lowest BCUT2D eigenvalue weighted by Gasteiger charge is -2.17. The van der Waals surface area contributed by atoms with Crippen LogP contribution in [0.3, 0.4) is 0 Å². The van der Waals surface area contributed by atoms with Gasteiger partial charge in [-0.2, -0.15) is 0 Å². The normalized spacial score (nSPS) is 10.4. The van der Waals surface area contributed by atoms with Gasteiger partial charge in [-0.3, -0.25) is 19.7 Å². The fraction of sp³-hybridized carbons (Fsp3) is 0.208. The fourth-order valence-electron chi connectivity index (χ4n) is 2.90. The Kier molecular flexibility index (Phi) is 7.75. The molecule has 0 aliphatic heterocycles. The van der Waals surface area contributed by atoms with Crippen LogP contribution in [0, 0.1) is 11.8 Å². The molecule has 0 radical (unpaired) electrons. The summed E-state index contributed by atoms with van der Waals surface area (Å²) < 4.78 is 5.97. The van der Waals surface area contributed by atoms with Crippen molar-refractivity contribution in [3.63, 3.8) is 0 Å². The molecule has 1 aromatic heterocycles. The van der Waals surface area contributed by atoms with Crippen molar-refractivity contribution in [1.29, 1.82) is 0 Å². The molecule has 2 aromatic carbocycles. The predicted molar refractivity (Wildman–Crippen MR) is 122 cm³/mol. The van der Waals surface area contributed by atoms with Gasteiger partial charge in [-0.25, -0.2) is 10.5 Å². The Balaban J connectivity index is 1.79. The number of benzene rings is 2. The monoisotopic (exact) mass is 432 g/mol. The molecule has 2 N–H and O–H groups in total. The number of likely N-dealkylation sites (N-methyl/N-ethyl adjacent to an activating group) is 1. The highest BCUT2D eigenvalue weighted by atomic mass is 16.5. The van der Waals surface area contributed by atoms with Crippen molar-refractivity contribution in [3.05, 3.63) is 65.7 Å². The molecule has 8 heteroatoms. The summed E-state index contributed by atoms with van der Waals surface area (Å²) >= 11 is 0. The second kappa shape index (κ2) is 10.9. The number of rotatable bonds is 8. The average Bonchev–Trinajstić information content (AvgIpc) is 2.81. The molecule has 3 aromatic rings. The zero-order chi connectivity index (χ0) is 22.9. The van der Waals surface area contributed by atoms with E-state index in [9.17, 15) is 9.59 Å². The molecule has 0 aliphatic carbocycles. The van der Waals surface area contributed by atoms with Crippen LogP contribution in [0.4, 0.5) is 5.82 Å². The number of carbonyl (C=O) groups is 2. The first-order chi connectivity index (χ1) is 15.5. The first kappa shape index (κ1) is 22.7. The molecule has 164 valence electrons. The third kappa shape index (κ3) is 5.82. The zero-order valence-corrected chi connectivity index (χ0v) is 17.9. The van der Waals surface area contributed by atoms with Gasteiger partial charge in [0.2, 0.25) is 6.41 Å². The number of nitrogens with zero attached hydrogens (tertiary/aromatic N) is 3. The summed E-state index contributed by atoms with van der Waals surface area (Å²) in [6.07, 6.45) is 0.685. The first-order valence-corrected chi connectivity index (χ1v) is 9.94. The van der Waals surface area contributed by atoms with Crippen LogP contribution in [-0.2, 0) is 4.79 Å². The lowest BCUT2D eigenvalue weighted by atomic mass is 10.1. The van der Waals surface area contributed by atoms with E-state index in [1.165, 1.54) is 4.90 Å². The standard InChI is InChI=1S/C24H24N4O4/c1-27(2)14-15-32-22-16-23(25-21-8-4-3-7-20(21)22)28(17-29)13-5-6-18-9-11-19(12-10-18)24(30)26-31/h3-4,7-12,16-17,31H,13-15H2,1-2H3,(H,26,30). The predicted octanol–water partition coefficient (Wildman–Crippen LogP) is 2.31. The average molecular weight is 432 g/mol. The van der Waals surface area contributed by atoms with E-state index in [1.807, 2.05) is 43.3 Å². The van der Waals surface area contributed by atoms with Gasteiger partial charge in [0.1, 0.15) is 18.2 Å². The van der Waals surface area contributed by atoms with E-state index in [2.05, 4.69) is 16.8 Å². The van der Waals surface area contributed by atoms with E-state index < -0.39 is 5.91 Å². The van der Waals surface area contributed by atoms with Crippen molar-refractivity contribution in [2.24, 2.45) is 0 Å². The van der Waals surface area contributed by atoms with Gasteiger partial charge in [0.25, 0.3) is 5.91 Å². The quantitative estimate of drug-likeness (QED) is 0.246. The van der Waals surface area contributed by atoms with E-state index in [0.29, 0.717) is 35.7 Å². The number of amides is 2. The van der Waals surface area contributed by atoms with E-state index >= 15 is 0 Å². The zero-order valence-electron chi connectivity index (χ0n) is 17.9. The van der Waals surface area contributed by atoms with E-state index in [1.54, 1.807) is 35.8 Å². The van der Waals surface area contributed by atoms with Gasteiger partial charge >= 0.3 is 0 Å². The Hall–Kier alpha value is -3.93. The summed E-state index contributed by atoms with van der Waals surface area (Å²) in [5.41, 5.74) is 3.29. The van der Waals surface area contributed by atoms with Crippen LogP contribution in [0.1, 0.15) is 15.9 Å². The summed E-state index contributed by atoms with van der Waals surface area (Å²) in [4.78, 5) is 31.2. The van der Waals surface area contributed by atoms with Crippen LogP contribution >= 0.6 is 0 Å². The highest BCUT2D eigenvalue weighted by Crippen LogP contribution is 2.28. The summed E-state index contributed by atoms with van der Waals surface area (Å²) in [6, 6.07) is 15.8. The second-order valence-electron chi connectivity index (χ2n) is 7.20. The first-order valence-electron chi connectivity index (χ1n) is 9.94. The summed E-state index contributed by atoms with van der Waals surface area (Å²) in [6.45, 7) is 1.39. The molecule has 0 fully saturated rings. The number of pyridine rings is 1. The number of anilines is 1. The molecule has 0 saturated carbocycles. The van der Waals surface area contributed by atoms with Crippen molar-refractivity contribution >= 4 is 29.0 Å². The highest BCUT2D eigenvalue weighted by Gasteiger charge is 2.12. The number of aromatic nitrogens is 1. The van der Waals surface area contributed by atoms with Crippen LogP contribution in [0.5, 0.6) is 5.75 Å². The van der Waals surface area contributed by atoms with Crippen LogP contribution in [0.25, 0.3) is 10.9 Å². The third-order valence-corrected chi connectivity index (χ3v) is 4.61. The fourth-order valence-corrected chi connectivity index (χ4v) is 2.90. The number of hydrogen-bond acceptors (Lipinski definition) is 6. The Labute approximate surface area is 186 Å². The summed E-state index contributed by atoms with van der Waals surface area (Å²) in [5, 5.41) is 9.54. The van der Waals surface area contributed by atoms with E-state index in [0.717, 1.165) is 17.4 Å². The maximum Gasteiger partial charge on any atom is 0.274 e. The minimum atomic E-state index is -0.595. The molecule has 0 atom stereocenters. The van der Waals surface area contributed by atoms with Crippen molar-refractivity contribution in [2.75, 3.05) is 38.7 Å². The Morgan fingerprint density at radius 2 is 1.94 bits per heavy atom. The van der Waals surface area contributed by atoms with Gasteiger partial charge in [-0.1, -0.05) is 24.0 Å². The maximum absolute atomic E-state index is 11.8. The van der Waals surface area contributed by atoms with Gasteiger partial charge < -0.3 is 9.64 Å². The molecule has 8 nitrogen and oxygen atoms in total. The number of hydroxylamine groups is 1. The molecular weight excluding hydrogens is 408 g/mol. The number of hydrogen-bond donors (Lipinski definition) is 2. The van der Waals surface area contributed by atoms with Crippen LogP contribution < -0.4 is 15.1 Å². The number of nitrogens with one attached hydrogen (secondary N) is 1. The van der Waals surface area contributed by atoms with Crippen molar-refractivity contribution in [1.82, 2.24) is 15.4 Å². The molecule has 0 unspecified atom stereocenters. The van der Waals surface area contributed by atoms with E-state index in [4.69, 9.17) is 9.94 Å².